The van der Waals surface area contributed by atoms with E-state index >= 15 is 0 Å². The number of aromatic amines is 1. The van der Waals surface area contributed by atoms with Crippen LogP contribution in [0.15, 0.2) is 77.7 Å². The first kappa shape index (κ1) is 26.6. The van der Waals surface area contributed by atoms with Gasteiger partial charge in [0.05, 0.1) is 34.9 Å². The molecule has 2 aliphatic rings. The summed E-state index contributed by atoms with van der Waals surface area (Å²) < 4.78 is 1.88. The van der Waals surface area contributed by atoms with Crippen LogP contribution in [0.1, 0.15) is 53.6 Å². The van der Waals surface area contributed by atoms with Crippen LogP contribution < -0.4 is 5.56 Å². The first-order valence-corrected chi connectivity index (χ1v) is 14.6. The lowest BCUT2D eigenvalue weighted by molar-refractivity contribution is -0.141. The van der Waals surface area contributed by atoms with E-state index in [1.807, 2.05) is 24.0 Å². The number of halogens is 1. The molecule has 0 bridgehead atoms. The van der Waals surface area contributed by atoms with Crippen molar-refractivity contribution in [1.29, 1.82) is 0 Å². The van der Waals surface area contributed by atoms with Gasteiger partial charge < -0.3 is 15.0 Å². The standard InChI is InChI=1S/C33H30ClN5O3/c1-38-28-12-4-10-24(25(28)18-35-38)20-6-2-8-22(16-20)33(13-14-33)32-36-27-11-5-15-39(19-26(27)30(41)37-32)31(42)29(40)21-7-3-9-23(34)17-21/h2-4,6-10,12,16-18,29,40H,5,11,13-15,19H2,1H3,(H,36,37,41). The molecule has 1 saturated carbocycles. The maximum atomic E-state index is 13.5. The van der Waals surface area contributed by atoms with Gasteiger partial charge in [0, 0.05) is 24.0 Å². The highest BCUT2D eigenvalue weighted by Gasteiger charge is 2.49. The number of rotatable bonds is 5. The zero-order valence-corrected chi connectivity index (χ0v) is 23.9. The molecule has 212 valence electrons. The van der Waals surface area contributed by atoms with E-state index in [4.69, 9.17) is 16.6 Å². The first-order valence-electron chi connectivity index (χ1n) is 14.2. The average Bonchev–Trinajstić information content (AvgIpc) is 3.77. The van der Waals surface area contributed by atoms with Crippen LogP contribution in [0.2, 0.25) is 5.02 Å². The van der Waals surface area contributed by atoms with Crippen molar-refractivity contribution in [3.05, 3.63) is 117 Å². The molecule has 0 radical (unpaired) electrons. The van der Waals surface area contributed by atoms with Gasteiger partial charge in [0.2, 0.25) is 0 Å². The molecule has 1 atom stereocenters. The van der Waals surface area contributed by atoms with Crippen molar-refractivity contribution in [2.24, 2.45) is 7.05 Å². The fraction of sp³-hybridized carbons (Fsp3) is 0.273. The molecule has 2 aromatic heterocycles. The number of aromatic nitrogens is 4. The van der Waals surface area contributed by atoms with Crippen LogP contribution in [-0.4, -0.2) is 42.2 Å². The van der Waals surface area contributed by atoms with Gasteiger partial charge in [0.1, 0.15) is 5.82 Å². The summed E-state index contributed by atoms with van der Waals surface area (Å²) in [6, 6.07) is 21.4. The van der Waals surface area contributed by atoms with Gasteiger partial charge in [0.15, 0.2) is 6.10 Å². The van der Waals surface area contributed by atoms with E-state index in [-0.39, 0.29) is 17.5 Å². The predicted octanol–water partition coefficient (Wildman–Crippen LogP) is 5.07. The second-order valence-corrected chi connectivity index (χ2v) is 11.8. The molecule has 2 N–H and O–H groups in total. The Balaban J connectivity index is 1.19. The summed E-state index contributed by atoms with van der Waals surface area (Å²) in [6.07, 6.45) is 3.57. The number of H-pyrrole nitrogens is 1. The van der Waals surface area contributed by atoms with E-state index in [2.05, 4.69) is 46.5 Å². The molecule has 0 spiro atoms. The van der Waals surface area contributed by atoms with Gasteiger partial charge in [-0.2, -0.15) is 5.10 Å². The molecule has 1 fully saturated rings. The Morgan fingerprint density at radius 2 is 1.90 bits per heavy atom. The van der Waals surface area contributed by atoms with Crippen LogP contribution in [0, 0.1) is 0 Å². The highest BCUT2D eigenvalue weighted by molar-refractivity contribution is 6.30. The third-order valence-electron chi connectivity index (χ3n) is 8.72. The van der Waals surface area contributed by atoms with Crippen LogP contribution in [0.4, 0.5) is 0 Å². The molecule has 7 rings (SSSR count). The van der Waals surface area contributed by atoms with E-state index in [9.17, 15) is 14.7 Å². The van der Waals surface area contributed by atoms with Crippen LogP contribution in [-0.2, 0) is 30.2 Å². The Kier molecular flexibility index (Phi) is 6.48. The Morgan fingerprint density at radius 3 is 2.71 bits per heavy atom. The maximum Gasteiger partial charge on any atom is 0.256 e. The highest BCUT2D eigenvalue weighted by Crippen LogP contribution is 2.52. The summed E-state index contributed by atoms with van der Waals surface area (Å²) in [5.41, 5.74) is 5.47. The smallest absolute Gasteiger partial charge is 0.256 e. The van der Waals surface area contributed by atoms with Crippen molar-refractivity contribution in [3.63, 3.8) is 0 Å². The van der Waals surface area contributed by atoms with Crippen LogP contribution in [0.3, 0.4) is 0 Å². The van der Waals surface area contributed by atoms with Crippen molar-refractivity contribution in [2.45, 2.75) is 43.7 Å². The molecule has 1 amide bonds. The monoisotopic (exact) mass is 579 g/mol. The van der Waals surface area contributed by atoms with E-state index < -0.39 is 12.0 Å². The molecule has 0 saturated heterocycles. The Hall–Kier alpha value is -4.27. The number of amides is 1. The molecular formula is C33H30ClN5O3. The second-order valence-electron chi connectivity index (χ2n) is 11.3. The number of aliphatic hydroxyl groups is 1. The van der Waals surface area contributed by atoms with Gasteiger partial charge >= 0.3 is 0 Å². The molecule has 8 nitrogen and oxygen atoms in total. The molecule has 9 heteroatoms. The molecule has 1 unspecified atom stereocenters. The number of hydrogen-bond acceptors (Lipinski definition) is 5. The predicted molar refractivity (Wildman–Crippen MR) is 161 cm³/mol. The summed E-state index contributed by atoms with van der Waals surface area (Å²) in [4.78, 5) is 36.4. The number of fused-ring (bicyclic) bond motifs is 2. The van der Waals surface area contributed by atoms with Crippen LogP contribution >= 0.6 is 11.6 Å². The molecule has 3 heterocycles. The lowest BCUT2D eigenvalue weighted by Gasteiger charge is -2.24. The number of nitrogens with one attached hydrogen (secondary N) is 1. The number of nitrogens with zero attached hydrogens (tertiary/aromatic N) is 4. The zero-order valence-electron chi connectivity index (χ0n) is 23.2. The Labute approximate surface area is 247 Å². The minimum absolute atomic E-state index is 0.103. The normalized spacial score (nSPS) is 16.6. The van der Waals surface area contributed by atoms with Crippen molar-refractivity contribution in [3.8, 4) is 11.1 Å². The Bertz CT molecular complexity index is 1910. The number of benzene rings is 3. The van der Waals surface area contributed by atoms with Gasteiger partial charge in [-0.15, -0.1) is 0 Å². The average molecular weight is 580 g/mol. The quantitative estimate of drug-likeness (QED) is 0.303. The van der Waals surface area contributed by atoms with Gasteiger partial charge in [-0.05, 0) is 66.1 Å². The summed E-state index contributed by atoms with van der Waals surface area (Å²) in [5.74, 6) is 0.231. The molecule has 1 aliphatic heterocycles. The second kappa shape index (κ2) is 10.2. The summed E-state index contributed by atoms with van der Waals surface area (Å²) in [5, 5.41) is 16.7. The third kappa shape index (κ3) is 4.51. The van der Waals surface area contributed by atoms with Gasteiger partial charge in [-0.3, -0.25) is 14.3 Å². The van der Waals surface area contributed by atoms with Gasteiger partial charge in [-0.25, -0.2) is 4.98 Å². The van der Waals surface area contributed by atoms with Gasteiger partial charge in [-0.1, -0.05) is 60.1 Å². The number of carbonyl (C=O) groups excluding carboxylic acids is 1. The highest BCUT2D eigenvalue weighted by atomic mass is 35.5. The number of aryl methyl sites for hydroxylation is 2. The number of carbonyl (C=O) groups is 1. The van der Waals surface area contributed by atoms with E-state index in [1.54, 1.807) is 29.2 Å². The van der Waals surface area contributed by atoms with Crippen molar-refractivity contribution in [2.75, 3.05) is 6.54 Å². The fourth-order valence-corrected chi connectivity index (χ4v) is 6.43. The van der Waals surface area contributed by atoms with Crippen LogP contribution in [0.5, 0.6) is 0 Å². The lowest BCUT2D eigenvalue weighted by atomic mass is 9.91. The summed E-state index contributed by atoms with van der Waals surface area (Å²) in [7, 11) is 1.94. The largest absolute Gasteiger partial charge is 0.378 e. The molecule has 1 aliphatic carbocycles. The van der Waals surface area contributed by atoms with Crippen molar-refractivity contribution in [1.82, 2.24) is 24.6 Å². The first-order chi connectivity index (χ1) is 20.3. The molecule has 3 aromatic carbocycles. The van der Waals surface area contributed by atoms with Crippen molar-refractivity contribution >= 4 is 28.4 Å². The molecular weight excluding hydrogens is 550 g/mol. The topological polar surface area (TPSA) is 104 Å². The minimum atomic E-state index is -1.35. The van der Waals surface area contributed by atoms with E-state index in [0.717, 1.165) is 46.1 Å². The third-order valence-corrected chi connectivity index (χ3v) is 8.96. The van der Waals surface area contributed by atoms with E-state index in [1.165, 1.54) is 0 Å². The van der Waals surface area contributed by atoms with E-state index in [0.29, 0.717) is 41.4 Å². The number of hydrogen-bond donors (Lipinski definition) is 2. The van der Waals surface area contributed by atoms with Crippen molar-refractivity contribution < 1.29 is 9.90 Å². The fourth-order valence-electron chi connectivity index (χ4n) is 6.23. The number of aliphatic hydroxyl groups excluding tert-OH is 1. The maximum absolute atomic E-state index is 13.5. The minimum Gasteiger partial charge on any atom is -0.378 e. The lowest BCUT2D eigenvalue weighted by Crippen LogP contribution is -2.36. The summed E-state index contributed by atoms with van der Waals surface area (Å²) in [6.45, 7) is 0.528. The SMILES string of the molecule is Cn1ncc2c(-c3cccc(C4(c5nc6c(c(=O)[nH]5)CN(C(=O)C(O)c5cccc(Cl)c5)CCC6)CC4)c3)cccc21. The summed E-state index contributed by atoms with van der Waals surface area (Å²) >= 11 is 6.06. The Morgan fingerprint density at radius 1 is 1.10 bits per heavy atom. The molecule has 5 aromatic rings. The molecule has 42 heavy (non-hydrogen) atoms. The van der Waals surface area contributed by atoms with Gasteiger partial charge in [0.25, 0.3) is 11.5 Å². The van der Waals surface area contributed by atoms with Crippen LogP contribution in [0.25, 0.3) is 22.0 Å². The zero-order chi connectivity index (χ0) is 29.0.